The number of rotatable bonds is 4. The topological polar surface area (TPSA) is 0 Å². The van der Waals surface area contributed by atoms with Gasteiger partial charge < -0.3 is 0 Å². The molecule has 0 nitrogen and oxygen atoms in total. The van der Waals surface area contributed by atoms with Crippen molar-refractivity contribution in [1.29, 1.82) is 0 Å². The molecule has 1 aromatic carbocycles. The molecule has 0 atom stereocenters. The molecule has 0 unspecified atom stereocenters. The third-order valence-corrected chi connectivity index (χ3v) is 2.61. The van der Waals surface area contributed by atoms with Crippen LogP contribution in [-0.2, 0) is 6.42 Å². The van der Waals surface area contributed by atoms with Crippen LogP contribution in [0.2, 0.25) is 0 Å². The van der Waals surface area contributed by atoms with E-state index in [9.17, 15) is 4.39 Å². The maximum Gasteiger partial charge on any atom is 0.137 e. The minimum Gasteiger partial charge on any atom is -0.206 e. The Hall–Kier alpha value is -0.340. The van der Waals surface area contributed by atoms with Crippen LogP contribution in [0.4, 0.5) is 4.39 Å². The van der Waals surface area contributed by atoms with E-state index in [0.29, 0.717) is 10.4 Å². The minimum atomic E-state index is -0.224. The van der Waals surface area contributed by atoms with Crippen LogP contribution in [0.25, 0.3) is 0 Å². The molecule has 0 aromatic heterocycles. The summed E-state index contributed by atoms with van der Waals surface area (Å²) in [6.07, 6.45) is 5.77. The highest BCUT2D eigenvalue weighted by Crippen LogP contribution is 2.17. The van der Waals surface area contributed by atoms with Crippen molar-refractivity contribution in [3.8, 4) is 0 Å². The molecule has 0 amide bonds. The maximum absolute atomic E-state index is 12.9. The summed E-state index contributed by atoms with van der Waals surface area (Å²) < 4.78 is 13.4. The Morgan fingerprint density at radius 3 is 2.79 bits per heavy atom. The fourth-order valence-electron chi connectivity index (χ4n) is 1.07. The van der Waals surface area contributed by atoms with Gasteiger partial charge in [0.2, 0.25) is 0 Å². The van der Waals surface area contributed by atoms with Crippen molar-refractivity contribution in [2.24, 2.45) is 0 Å². The zero-order valence-electron chi connectivity index (χ0n) is 7.64. The molecule has 0 heterocycles. The molecule has 0 aliphatic rings. The minimum absolute atomic E-state index is 0.224. The molecule has 0 aliphatic heterocycles. The first kappa shape index (κ1) is 11.7. The quantitative estimate of drug-likeness (QED) is 0.568. The number of halogens is 3. The van der Waals surface area contributed by atoms with Gasteiger partial charge in [0.15, 0.2) is 0 Å². The summed E-state index contributed by atoms with van der Waals surface area (Å²) in [6.45, 7) is 0. The highest BCUT2D eigenvalue weighted by atomic mass is 79.9. The summed E-state index contributed by atoms with van der Waals surface area (Å²) in [5, 5.41) is 0. The van der Waals surface area contributed by atoms with Crippen LogP contribution in [-0.4, -0.2) is 5.88 Å². The summed E-state index contributed by atoms with van der Waals surface area (Å²) in [5.41, 5.74) is 1.09. The van der Waals surface area contributed by atoms with Crippen molar-refractivity contribution < 1.29 is 4.39 Å². The first-order valence-corrected chi connectivity index (χ1v) is 5.71. The lowest BCUT2D eigenvalue weighted by Crippen LogP contribution is -1.84. The third kappa shape index (κ3) is 3.81. The van der Waals surface area contributed by atoms with Crippen LogP contribution in [0.15, 0.2) is 34.8 Å². The zero-order chi connectivity index (χ0) is 10.4. The van der Waals surface area contributed by atoms with Crippen molar-refractivity contribution in [2.75, 3.05) is 5.88 Å². The Morgan fingerprint density at radius 1 is 1.36 bits per heavy atom. The maximum atomic E-state index is 12.9. The highest BCUT2D eigenvalue weighted by Gasteiger charge is 1.98. The summed E-state index contributed by atoms with van der Waals surface area (Å²) >= 11 is 8.67. The number of alkyl halides is 1. The van der Waals surface area contributed by atoms with Crippen molar-refractivity contribution in [2.45, 2.75) is 12.8 Å². The van der Waals surface area contributed by atoms with Crippen LogP contribution in [0.3, 0.4) is 0 Å². The van der Waals surface area contributed by atoms with Crippen LogP contribution in [0.5, 0.6) is 0 Å². The number of hydrogen-bond acceptors (Lipinski definition) is 0. The third-order valence-electron chi connectivity index (χ3n) is 1.78. The SMILES string of the molecule is Fc1ccc(CC=CCCCl)cc1Br. The van der Waals surface area contributed by atoms with Gasteiger partial charge in [-0.05, 0) is 46.5 Å². The molecule has 3 heteroatoms. The monoisotopic (exact) mass is 276 g/mol. The van der Waals surface area contributed by atoms with E-state index < -0.39 is 0 Å². The zero-order valence-corrected chi connectivity index (χ0v) is 9.98. The van der Waals surface area contributed by atoms with Crippen molar-refractivity contribution in [1.82, 2.24) is 0 Å². The average Bonchev–Trinajstić information content (AvgIpc) is 2.18. The molecule has 0 saturated heterocycles. The van der Waals surface area contributed by atoms with Gasteiger partial charge in [0.05, 0.1) is 4.47 Å². The molecule has 0 aliphatic carbocycles. The largest absolute Gasteiger partial charge is 0.206 e. The van der Waals surface area contributed by atoms with Crippen LogP contribution < -0.4 is 0 Å². The van der Waals surface area contributed by atoms with E-state index >= 15 is 0 Å². The molecule has 0 fully saturated rings. The number of benzene rings is 1. The standard InChI is InChI=1S/C11H11BrClF/c12-10-8-9(5-6-11(10)14)4-2-1-3-7-13/h1-2,5-6,8H,3-4,7H2. The van der Waals surface area contributed by atoms with Gasteiger partial charge in [-0.1, -0.05) is 18.2 Å². The van der Waals surface area contributed by atoms with Crippen molar-refractivity contribution in [3.05, 3.63) is 46.2 Å². The molecular formula is C11H11BrClF. The Balaban J connectivity index is 2.55. The summed E-state index contributed by atoms with van der Waals surface area (Å²) in [6, 6.07) is 5.04. The Kier molecular flexibility index (Phi) is 5.20. The lowest BCUT2D eigenvalue weighted by molar-refractivity contribution is 0.620. The summed E-state index contributed by atoms with van der Waals surface area (Å²) in [7, 11) is 0. The molecule has 0 saturated carbocycles. The van der Waals surface area contributed by atoms with Gasteiger partial charge in [0, 0.05) is 5.88 Å². The molecular weight excluding hydrogens is 266 g/mol. The smallest absolute Gasteiger partial charge is 0.137 e. The van der Waals surface area contributed by atoms with Crippen LogP contribution >= 0.6 is 27.5 Å². The number of hydrogen-bond donors (Lipinski definition) is 0. The molecule has 1 rings (SSSR count). The second-order valence-corrected chi connectivity index (χ2v) is 4.13. The molecule has 76 valence electrons. The average molecular weight is 278 g/mol. The van der Waals surface area contributed by atoms with E-state index in [1.165, 1.54) is 6.07 Å². The van der Waals surface area contributed by atoms with Gasteiger partial charge in [-0.3, -0.25) is 0 Å². The van der Waals surface area contributed by atoms with Crippen LogP contribution in [0.1, 0.15) is 12.0 Å². The van der Waals surface area contributed by atoms with Crippen molar-refractivity contribution >= 4 is 27.5 Å². The molecule has 0 radical (unpaired) electrons. The first-order chi connectivity index (χ1) is 6.74. The van der Waals surface area contributed by atoms with E-state index in [1.807, 2.05) is 12.2 Å². The van der Waals surface area contributed by atoms with Crippen LogP contribution in [0, 0.1) is 5.82 Å². The lowest BCUT2D eigenvalue weighted by Gasteiger charge is -1.98. The predicted molar refractivity (Wildman–Crippen MR) is 62.3 cm³/mol. The van der Waals surface area contributed by atoms with Gasteiger partial charge in [0.1, 0.15) is 5.82 Å². The second kappa shape index (κ2) is 6.20. The summed E-state index contributed by atoms with van der Waals surface area (Å²) in [5.74, 6) is 0.419. The van der Waals surface area contributed by atoms with E-state index in [0.717, 1.165) is 18.4 Å². The first-order valence-electron chi connectivity index (χ1n) is 4.39. The van der Waals surface area contributed by atoms with E-state index in [4.69, 9.17) is 11.6 Å². The molecule has 0 spiro atoms. The highest BCUT2D eigenvalue weighted by molar-refractivity contribution is 9.10. The molecule has 1 aromatic rings. The Morgan fingerprint density at radius 2 is 2.14 bits per heavy atom. The van der Waals surface area contributed by atoms with Gasteiger partial charge in [-0.25, -0.2) is 4.39 Å². The van der Waals surface area contributed by atoms with E-state index in [1.54, 1.807) is 12.1 Å². The molecule has 0 bridgehead atoms. The molecule has 0 N–H and O–H groups in total. The van der Waals surface area contributed by atoms with Crippen molar-refractivity contribution in [3.63, 3.8) is 0 Å². The van der Waals surface area contributed by atoms with Gasteiger partial charge in [0.25, 0.3) is 0 Å². The predicted octanol–water partition coefficient (Wildman–Crippen LogP) is 4.32. The van der Waals surface area contributed by atoms with Gasteiger partial charge >= 0.3 is 0 Å². The number of allylic oxidation sites excluding steroid dienone is 2. The molecule has 14 heavy (non-hydrogen) atoms. The van der Waals surface area contributed by atoms with E-state index in [2.05, 4.69) is 15.9 Å². The van der Waals surface area contributed by atoms with Gasteiger partial charge in [-0.2, -0.15) is 0 Å². The van der Waals surface area contributed by atoms with Gasteiger partial charge in [-0.15, -0.1) is 11.6 Å². The Bertz CT molecular complexity index is 323. The fraction of sp³-hybridized carbons (Fsp3) is 0.273. The van der Waals surface area contributed by atoms with E-state index in [-0.39, 0.29) is 5.82 Å². The summed E-state index contributed by atoms with van der Waals surface area (Å²) in [4.78, 5) is 0. The normalized spacial score (nSPS) is 11.1. The lowest BCUT2D eigenvalue weighted by atomic mass is 10.1. The fourth-order valence-corrected chi connectivity index (χ4v) is 1.62. The second-order valence-electron chi connectivity index (χ2n) is 2.90. The Labute approximate surface area is 96.9 Å².